The average Bonchev–Trinajstić information content (AvgIpc) is 2.70. The number of aliphatic hydroxyl groups is 1. The fourth-order valence-electron chi connectivity index (χ4n) is 2.02. The summed E-state index contributed by atoms with van der Waals surface area (Å²) in [6, 6.07) is 5.10. The average molecular weight is 325 g/mol. The number of para-hydroxylation sites is 1. The number of nitrogens with one attached hydrogen (secondary N) is 1. The Morgan fingerprint density at radius 3 is 2.73 bits per heavy atom. The Labute approximate surface area is 133 Å². The van der Waals surface area contributed by atoms with Crippen LogP contribution >= 0.6 is 11.6 Å². The number of anilines is 1. The van der Waals surface area contributed by atoms with E-state index in [1.54, 1.807) is 18.2 Å². The zero-order valence-electron chi connectivity index (χ0n) is 12.3. The van der Waals surface area contributed by atoms with Gasteiger partial charge in [0.2, 0.25) is 0 Å². The highest BCUT2D eigenvalue weighted by Gasteiger charge is 2.31. The fraction of sp³-hybridized carbons (Fsp3) is 0.333. The van der Waals surface area contributed by atoms with Crippen molar-refractivity contribution in [3.63, 3.8) is 0 Å². The smallest absolute Gasteiger partial charge is 0.277 e. The summed E-state index contributed by atoms with van der Waals surface area (Å²) < 4.78 is 5.65. The lowest BCUT2D eigenvalue weighted by atomic mass is 10.2. The number of carbonyl (C=O) groups is 2. The SMILES string of the molecule is CC(C)Oc1c(Cl)cccc1NC1=CC(=O)N(CCO)C1=O. The number of rotatable bonds is 6. The van der Waals surface area contributed by atoms with Crippen LogP contribution in [0.15, 0.2) is 30.0 Å². The molecule has 1 aliphatic heterocycles. The fourth-order valence-corrected chi connectivity index (χ4v) is 2.24. The molecule has 1 aliphatic rings. The van der Waals surface area contributed by atoms with E-state index in [1.807, 2.05) is 13.8 Å². The lowest BCUT2D eigenvalue weighted by Gasteiger charge is -2.17. The topological polar surface area (TPSA) is 78.9 Å². The molecule has 6 nitrogen and oxygen atoms in total. The van der Waals surface area contributed by atoms with Gasteiger partial charge in [0.25, 0.3) is 11.8 Å². The van der Waals surface area contributed by atoms with E-state index >= 15 is 0 Å². The maximum Gasteiger partial charge on any atom is 0.277 e. The van der Waals surface area contributed by atoms with E-state index < -0.39 is 11.8 Å². The number of imide groups is 1. The predicted molar refractivity (Wildman–Crippen MR) is 82.7 cm³/mol. The van der Waals surface area contributed by atoms with Crippen molar-refractivity contribution in [3.05, 3.63) is 35.0 Å². The molecule has 0 aliphatic carbocycles. The van der Waals surface area contributed by atoms with Gasteiger partial charge >= 0.3 is 0 Å². The van der Waals surface area contributed by atoms with Crippen LogP contribution in [0.4, 0.5) is 5.69 Å². The molecule has 1 heterocycles. The Kier molecular flexibility index (Phi) is 5.05. The molecule has 1 aromatic rings. The summed E-state index contributed by atoms with van der Waals surface area (Å²) in [5.74, 6) is -0.537. The van der Waals surface area contributed by atoms with Crippen LogP contribution in [0.25, 0.3) is 0 Å². The van der Waals surface area contributed by atoms with Gasteiger partial charge in [0.1, 0.15) is 5.70 Å². The summed E-state index contributed by atoms with van der Waals surface area (Å²) in [6.45, 7) is 3.40. The second kappa shape index (κ2) is 6.81. The second-order valence-electron chi connectivity index (χ2n) is 4.98. The molecule has 2 amide bonds. The number of benzene rings is 1. The third-order valence-corrected chi connectivity index (χ3v) is 3.22. The minimum absolute atomic E-state index is 0.0375. The standard InChI is InChI=1S/C15H17ClN2O4/c1-9(2)22-14-10(16)4-3-5-11(14)17-12-8-13(20)18(6-7-19)15(12)21/h3-5,8-9,17,19H,6-7H2,1-2H3. The van der Waals surface area contributed by atoms with Gasteiger partial charge in [-0.1, -0.05) is 17.7 Å². The molecule has 0 bridgehead atoms. The van der Waals surface area contributed by atoms with Crippen LogP contribution in [-0.2, 0) is 9.59 Å². The van der Waals surface area contributed by atoms with E-state index in [0.717, 1.165) is 4.90 Å². The van der Waals surface area contributed by atoms with Crippen molar-refractivity contribution in [2.45, 2.75) is 20.0 Å². The molecular formula is C15H17ClN2O4. The van der Waals surface area contributed by atoms with Crippen LogP contribution in [0.5, 0.6) is 5.75 Å². The molecule has 7 heteroatoms. The van der Waals surface area contributed by atoms with Gasteiger partial charge in [-0.3, -0.25) is 14.5 Å². The molecule has 0 atom stereocenters. The summed E-state index contributed by atoms with van der Waals surface area (Å²) in [7, 11) is 0. The Balaban J connectivity index is 2.25. The number of carbonyl (C=O) groups excluding carboxylic acids is 2. The van der Waals surface area contributed by atoms with Crippen molar-refractivity contribution in [2.24, 2.45) is 0 Å². The van der Waals surface area contributed by atoms with E-state index in [4.69, 9.17) is 21.4 Å². The predicted octanol–water partition coefficient (Wildman–Crippen LogP) is 1.78. The number of hydrogen-bond donors (Lipinski definition) is 2. The first-order valence-electron chi connectivity index (χ1n) is 6.84. The first kappa shape index (κ1) is 16.3. The Hall–Kier alpha value is -2.05. The number of amides is 2. The van der Waals surface area contributed by atoms with Gasteiger partial charge in [-0.05, 0) is 26.0 Å². The number of β-amino-alcohol motifs (C(OH)–C–C–N with tert-alkyl or cyclic N) is 1. The third-order valence-electron chi connectivity index (χ3n) is 2.92. The molecule has 22 heavy (non-hydrogen) atoms. The number of ether oxygens (including phenoxy) is 1. The molecular weight excluding hydrogens is 308 g/mol. The lowest BCUT2D eigenvalue weighted by molar-refractivity contribution is -0.137. The number of halogens is 1. The summed E-state index contributed by atoms with van der Waals surface area (Å²) in [4.78, 5) is 24.8. The quantitative estimate of drug-likeness (QED) is 0.780. The van der Waals surface area contributed by atoms with Crippen molar-refractivity contribution >= 4 is 29.1 Å². The maximum atomic E-state index is 12.1. The highest BCUT2D eigenvalue weighted by molar-refractivity contribution is 6.32. The van der Waals surface area contributed by atoms with Gasteiger partial charge in [0.05, 0.1) is 30.0 Å². The van der Waals surface area contributed by atoms with Crippen LogP contribution in [0.1, 0.15) is 13.8 Å². The number of aliphatic hydroxyl groups excluding tert-OH is 1. The Bertz CT molecular complexity index is 628. The first-order valence-corrected chi connectivity index (χ1v) is 7.22. The minimum Gasteiger partial charge on any atom is -0.487 e. The van der Waals surface area contributed by atoms with E-state index in [2.05, 4.69) is 5.32 Å². The molecule has 118 valence electrons. The molecule has 0 radical (unpaired) electrons. The molecule has 0 aromatic heterocycles. The van der Waals surface area contributed by atoms with Gasteiger partial charge in [-0.15, -0.1) is 0 Å². The molecule has 0 saturated carbocycles. The maximum absolute atomic E-state index is 12.1. The van der Waals surface area contributed by atoms with Crippen LogP contribution < -0.4 is 10.1 Å². The summed E-state index contributed by atoms with van der Waals surface area (Å²) in [6.07, 6.45) is 1.10. The van der Waals surface area contributed by atoms with Crippen molar-refractivity contribution in [2.75, 3.05) is 18.5 Å². The second-order valence-corrected chi connectivity index (χ2v) is 5.39. The monoisotopic (exact) mass is 324 g/mol. The minimum atomic E-state index is -0.491. The molecule has 0 saturated heterocycles. The Morgan fingerprint density at radius 1 is 1.36 bits per heavy atom. The molecule has 0 unspecified atom stereocenters. The van der Waals surface area contributed by atoms with Crippen LogP contribution in [-0.4, -0.2) is 41.1 Å². The molecule has 2 N–H and O–H groups in total. The van der Waals surface area contributed by atoms with E-state index in [1.165, 1.54) is 6.08 Å². The van der Waals surface area contributed by atoms with Gasteiger partial charge < -0.3 is 15.2 Å². The summed E-state index contributed by atoms with van der Waals surface area (Å²) in [5, 5.41) is 12.2. The highest BCUT2D eigenvalue weighted by atomic mass is 35.5. The van der Waals surface area contributed by atoms with Crippen LogP contribution in [0, 0.1) is 0 Å². The van der Waals surface area contributed by atoms with E-state index in [0.29, 0.717) is 16.5 Å². The van der Waals surface area contributed by atoms with E-state index in [-0.39, 0.29) is 25.0 Å². The highest BCUT2D eigenvalue weighted by Crippen LogP contribution is 2.35. The van der Waals surface area contributed by atoms with Crippen LogP contribution in [0.3, 0.4) is 0 Å². The van der Waals surface area contributed by atoms with Crippen molar-refractivity contribution in [1.29, 1.82) is 0 Å². The van der Waals surface area contributed by atoms with Gasteiger partial charge in [0.15, 0.2) is 5.75 Å². The molecule has 0 fully saturated rings. The van der Waals surface area contributed by atoms with Crippen molar-refractivity contribution in [3.8, 4) is 5.75 Å². The van der Waals surface area contributed by atoms with Crippen molar-refractivity contribution in [1.82, 2.24) is 4.90 Å². The molecule has 0 spiro atoms. The van der Waals surface area contributed by atoms with Crippen molar-refractivity contribution < 1.29 is 19.4 Å². The first-order chi connectivity index (χ1) is 10.4. The van der Waals surface area contributed by atoms with E-state index in [9.17, 15) is 9.59 Å². The zero-order valence-corrected chi connectivity index (χ0v) is 13.1. The largest absolute Gasteiger partial charge is 0.487 e. The lowest BCUT2D eigenvalue weighted by Crippen LogP contribution is -2.34. The molecule has 1 aromatic carbocycles. The van der Waals surface area contributed by atoms with Gasteiger partial charge in [0, 0.05) is 6.08 Å². The van der Waals surface area contributed by atoms with Gasteiger partial charge in [-0.2, -0.15) is 0 Å². The normalized spacial score (nSPS) is 14.6. The summed E-state index contributed by atoms with van der Waals surface area (Å²) >= 11 is 6.12. The molecule has 2 rings (SSSR count). The van der Waals surface area contributed by atoms with Gasteiger partial charge in [-0.25, -0.2) is 0 Å². The summed E-state index contributed by atoms with van der Waals surface area (Å²) in [5.41, 5.74) is 0.619. The Morgan fingerprint density at radius 2 is 2.09 bits per heavy atom. The number of nitrogens with zero attached hydrogens (tertiary/aromatic N) is 1. The number of hydrogen-bond acceptors (Lipinski definition) is 5. The third kappa shape index (κ3) is 3.40. The van der Waals surface area contributed by atoms with Crippen LogP contribution in [0.2, 0.25) is 5.02 Å². The zero-order chi connectivity index (χ0) is 16.3.